The molecule has 0 amide bonds. The van der Waals surface area contributed by atoms with Gasteiger partial charge in [-0.1, -0.05) is 0 Å². The molecule has 0 radical (unpaired) electrons. The molecule has 0 bridgehead atoms. The van der Waals surface area contributed by atoms with Gasteiger partial charge in [0.15, 0.2) is 0 Å². The highest BCUT2D eigenvalue weighted by Crippen LogP contribution is 2.34. The van der Waals surface area contributed by atoms with E-state index in [0.717, 1.165) is 38.6 Å². The predicted molar refractivity (Wildman–Crippen MR) is 66.9 cm³/mol. The van der Waals surface area contributed by atoms with Gasteiger partial charge in [0.05, 0.1) is 0 Å². The third kappa shape index (κ3) is 2.23. The van der Waals surface area contributed by atoms with Crippen molar-refractivity contribution < 1.29 is 9.90 Å². The van der Waals surface area contributed by atoms with Crippen LogP contribution in [0.15, 0.2) is 0 Å². The van der Waals surface area contributed by atoms with E-state index in [1.165, 1.54) is 11.5 Å². The number of aliphatic carboxylic acids is 1. The summed E-state index contributed by atoms with van der Waals surface area (Å²) in [7, 11) is 0. The topological polar surface area (TPSA) is 40.5 Å². The summed E-state index contributed by atoms with van der Waals surface area (Å²) in [5.74, 6) is 1.75. The molecule has 2 heterocycles. The van der Waals surface area contributed by atoms with Gasteiger partial charge in [-0.25, -0.2) is 0 Å². The summed E-state index contributed by atoms with van der Waals surface area (Å²) in [6, 6.07) is 0.502. The summed E-state index contributed by atoms with van der Waals surface area (Å²) >= 11 is 2.00. The van der Waals surface area contributed by atoms with Crippen LogP contribution in [-0.4, -0.2) is 45.6 Å². The molecule has 3 nitrogen and oxygen atoms in total. The van der Waals surface area contributed by atoms with Gasteiger partial charge < -0.3 is 5.11 Å². The van der Waals surface area contributed by atoms with E-state index in [0.29, 0.717) is 6.04 Å². The molecule has 0 aromatic rings. The molecule has 1 N–H and O–H groups in total. The van der Waals surface area contributed by atoms with Crippen molar-refractivity contribution in [3.05, 3.63) is 0 Å². The van der Waals surface area contributed by atoms with Crippen LogP contribution in [0, 0.1) is 0 Å². The number of hydrogen-bond acceptors (Lipinski definition) is 3. The van der Waals surface area contributed by atoms with Gasteiger partial charge in [0, 0.05) is 6.04 Å². The van der Waals surface area contributed by atoms with Crippen LogP contribution < -0.4 is 0 Å². The van der Waals surface area contributed by atoms with Crippen molar-refractivity contribution in [2.75, 3.05) is 18.1 Å². The molecule has 16 heavy (non-hydrogen) atoms. The number of nitrogens with zero attached hydrogens (tertiary/aromatic N) is 1. The molecule has 0 aliphatic carbocycles. The molecular formula is C12H21NO2S. The van der Waals surface area contributed by atoms with Crippen LogP contribution in [0.2, 0.25) is 0 Å². The molecule has 2 fully saturated rings. The highest BCUT2D eigenvalue weighted by atomic mass is 32.2. The average Bonchev–Trinajstić information content (AvgIpc) is 2.30. The van der Waals surface area contributed by atoms with Crippen molar-refractivity contribution in [1.29, 1.82) is 0 Å². The molecule has 1 atom stereocenters. The van der Waals surface area contributed by atoms with Crippen LogP contribution in [0.3, 0.4) is 0 Å². The molecule has 0 aromatic carbocycles. The smallest absolute Gasteiger partial charge is 0.323 e. The number of rotatable bonds is 2. The van der Waals surface area contributed by atoms with Crippen LogP contribution >= 0.6 is 11.8 Å². The van der Waals surface area contributed by atoms with E-state index in [9.17, 15) is 9.90 Å². The first kappa shape index (κ1) is 12.2. The lowest BCUT2D eigenvalue weighted by atomic mass is 9.86. The Kier molecular flexibility index (Phi) is 3.80. The third-order valence-electron chi connectivity index (χ3n) is 4.04. The molecule has 2 aliphatic rings. The second kappa shape index (κ2) is 4.96. The fourth-order valence-corrected chi connectivity index (χ4v) is 4.04. The summed E-state index contributed by atoms with van der Waals surface area (Å²) < 4.78 is 0. The molecule has 0 aromatic heterocycles. The van der Waals surface area contributed by atoms with Gasteiger partial charge in [0.25, 0.3) is 0 Å². The standard InChI is InChI=1S/C12H21NO2S/c1-12(11(14)15)6-2-3-7-13(12)10-4-8-16-9-5-10/h10H,2-9H2,1H3,(H,14,15). The first-order valence-electron chi connectivity index (χ1n) is 6.22. The van der Waals surface area contributed by atoms with Gasteiger partial charge in [-0.05, 0) is 57.1 Å². The molecule has 2 aliphatic heterocycles. The maximum atomic E-state index is 11.5. The summed E-state index contributed by atoms with van der Waals surface area (Å²) in [5, 5.41) is 9.45. The van der Waals surface area contributed by atoms with E-state index < -0.39 is 11.5 Å². The van der Waals surface area contributed by atoms with Crippen LogP contribution in [0.1, 0.15) is 39.0 Å². The van der Waals surface area contributed by atoms with Crippen LogP contribution in [-0.2, 0) is 4.79 Å². The number of hydrogen-bond donors (Lipinski definition) is 1. The number of likely N-dealkylation sites (tertiary alicyclic amines) is 1. The lowest BCUT2D eigenvalue weighted by Gasteiger charge is -2.47. The Morgan fingerprint density at radius 2 is 2.06 bits per heavy atom. The van der Waals surface area contributed by atoms with Crippen LogP contribution in [0.25, 0.3) is 0 Å². The summed E-state index contributed by atoms with van der Waals surface area (Å²) in [6.45, 7) is 2.88. The molecule has 0 saturated carbocycles. The zero-order chi connectivity index (χ0) is 11.6. The quantitative estimate of drug-likeness (QED) is 0.807. The highest BCUT2D eigenvalue weighted by Gasteiger charge is 2.44. The zero-order valence-electron chi connectivity index (χ0n) is 9.95. The van der Waals surface area contributed by atoms with Gasteiger partial charge in [0.1, 0.15) is 5.54 Å². The SMILES string of the molecule is CC1(C(=O)O)CCCCN1C1CCSCC1. The molecule has 1 unspecified atom stereocenters. The van der Waals surface area contributed by atoms with E-state index in [1.807, 2.05) is 18.7 Å². The Hall–Kier alpha value is -0.220. The maximum absolute atomic E-state index is 11.5. The Morgan fingerprint density at radius 1 is 1.38 bits per heavy atom. The van der Waals surface area contributed by atoms with E-state index in [2.05, 4.69) is 4.90 Å². The second-order valence-corrected chi connectivity index (χ2v) is 6.30. The maximum Gasteiger partial charge on any atom is 0.323 e. The molecule has 0 spiro atoms. The van der Waals surface area contributed by atoms with E-state index in [1.54, 1.807) is 0 Å². The Morgan fingerprint density at radius 3 is 2.69 bits per heavy atom. The fraction of sp³-hybridized carbons (Fsp3) is 0.917. The van der Waals surface area contributed by atoms with Crippen molar-refractivity contribution >= 4 is 17.7 Å². The number of thioether (sulfide) groups is 1. The molecular weight excluding hydrogens is 222 g/mol. The minimum absolute atomic E-state index is 0.502. The zero-order valence-corrected chi connectivity index (χ0v) is 10.8. The summed E-state index contributed by atoms with van der Waals surface area (Å²) in [4.78, 5) is 13.8. The fourth-order valence-electron chi connectivity index (χ4n) is 2.95. The molecule has 2 saturated heterocycles. The van der Waals surface area contributed by atoms with Crippen molar-refractivity contribution in [3.8, 4) is 0 Å². The predicted octanol–water partition coefficient (Wildman–Crippen LogP) is 2.21. The second-order valence-electron chi connectivity index (χ2n) is 5.07. The number of carboxylic acid groups (broad SMARTS) is 1. The minimum atomic E-state index is -0.634. The van der Waals surface area contributed by atoms with E-state index >= 15 is 0 Å². The van der Waals surface area contributed by atoms with E-state index in [-0.39, 0.29) is 0 Å². The highest BCUT2D eigenvalue weighted by molar-refractivity contribution is 7.99. The number of carbonyl (C=O) groups is 1. The van der Waals surface area contributed by atoms with Crippen molar-refractivity contribution in [2.24, 2.45) is 0 Å². The van der Waals surface area contributed by atoms with Gasteiger partial charge in [-0.2, -0.15) is 11.8 Å². The van der Waals surface area contributed by atoms with Crippen LogP contribution in [0.4, 0.5) is 0 Å². The minimum Gasteiger partial charge on any atom is -0.480 e. The average molecular weight is 243 g/mol. The molecule has 4 heteroatoms. The van der Waals surface area contributed by atoms with Gasteiger partial charge in [0.2, 0.25) is 0 Å². The Labute approximate surface area is 102 Å². The summed E-state index contributed by atoms with van der Waals surface area (Å²) in [5.41, 5.74) is -0.606. The van der Waals surface area contributed by atoms with Crippen molar-refractivity contribution in [2.45, 2.75) is 50.6 Å². The van der Waals surface area contributed by atoms with Crippen molar-refractivity contribution in [1.82, 2.24) is 4.90 Å². The lowest BCUT2D eigenvalue weighted by molar-refractivity contribution is -0.155. The van der Waals surface area contributed by atoms with Gasteiger partial charge >= 0.3 is 5.97 Å². The summed E-state index contributed by atoms with van der Waals surface area (Å²) in [6.07, 6.45) is 5.35. The third-order valence-corrected chi connectivity index (χ3v) is 5.09. The Balaban J connectivity index is 2.12. The lowest BCUT2D eigenvalue weighted by Crippen LogP contribution is -2.59. The van der Waals surface area contributed by atoms with Gasteiger partial charge in [-0.15, -0.1) is 0 Å². The van der Waals surface area contributed by atoms with Crippen LogP contribution in [0.5, 0.6) is 0 Å². The largest absolute Gasteiger partial charge is 0.480 e. The number of piperidine rings is 1. The first-order chi connectivity index (χ1) is 7.64. The first-order valence-corrected chi connectivity index (χ1v) is 7.38. The van der Waals surface area contributed by atoms with Gasteiger partial charge in [-0.3, -0.25) is 9.69 Å². The molecule has 2 rings (SSSR count). The number of carboxylic acids is 1. The monoisotopic (exact) mass is 243 g/mol. The normalized spacial score (nSPS) is 33.8. The Bertz CT molecular complexity index is 266. The molecule has 92 valence electrons. The van der Waals surface area contributed by atoms with E-state index in [4.69, 9.17) is 0 Å². The van der Waals surface area contributed by atoms with Crippen molar-refractivity contribution in [3.63, 3.8) is 0 Å².